The van der Waals surface area contributed by atoms with Crippen LogP contribution in [0, 0.1) is 0 Å². The molecule has 0 saturated carbocycles. The van der Waals surface area contributed by atoms with Gasteiger partial charge in [-0.05, 0) is 24.5 Å². The highest BCUT2D eigenvalue weighted by Gasteiger charge is 2.40. The lowest BCUT2D eigenvalue weighted by molar-refractivity contribution is -0.149. The van der Waals surface area contributed by atoms with E-state index in [1.165, 1.54) is 0 Å². The van der Waals surface area contributed by atoms with E-state index in [9.17, 15) is 4.79 Å². The quantitative estimate of drug-likeness (QED) is 0.803. The first kappa shape index (κ1) is 16.9. The lowest BCUT2D eigenvalue weighted by atomic mass is 9.89. The van der Waals surface area contributed by atoms with Crippen LogP contribution in [0.4, 0.5) is 0 Å². The zero-order chi connectivity index (χ0) is 17.4. The van der Waals surface area contributed by atoms with Crippen molar-refractivity contribution in [2.75, 3.05) is 39.6 Å². The van der Waals surface area contributed by atoms with Gasteiger partial charge in [0.05, 0.1) is 12.2 Å². The SMILES string of the molecule is CC(=O)N1CCC2(CC1)CN(Cc1cc3c(cc1Cl)OCO3)CCO2. The molecule has 1 spiro atoms. The minimum absolute atomic E-state index is 0.146. The summed E-state index contributed by atoms with van der Waals surface area (Å²) in [5, 5.41) is 0.705. The van der Waals surface area contributed by atoms with Crippen molar-refractivity contribution in [3.05, 3.63) is 22.7 Å². The van der Waals surface area contributed by atoms with Gasteiger partial charge in [-0.3, -0.25) is 9.69 Å². The Bertz CT molecular complexity index is 673. The number of rotatable bonds is 2. The number of likely N-dealkylation sites (tertiary alicyclic amines) is 1. The second-order valence-corrected chi connectivity index (χ2v) is 7.45. The van der Waals surface area contributed by atoms with Gasteiger partial charge < -0.3 is 19.1 Å². The molecule has 3 aliphatic rings. The van der Waals surface area contributed by atoms with Crippen LogP contribution >= 0.6 is 11.6 Å². The number of morpholine rings is 1. The fourth-order valence-electron chi connectivity index (χ4n) is 3.91. The molecule has 0 unspecified atom stereocenters. The van der Waals surface area contributed by atoms with Gasteiger partial charge in [0.25, 0.3) is 0 Å². The van der Waals surface area contributed by atoms with Crippen LogP contribution in [0.3, 0.4) is 0 Å². The fraction of sp³-hybridized carbons (Fsp3) is 0.611. The molecule has 2 fully saturated rings. The predicted molar refractivity (Wildman–Crippen MR) is 93.0 cm³/mol. The third-order valence-corrected chi connectivity index (χ3v) is 5.73. The molecule has 25 heavy (non-hydrogen) atoms. The van der Waals surface area contributed by atoms with E-state index in [0.717, 1.165) is 56.9 Å². The van der Waals surface area contributed by atoms with Crippen molar-refractivity contribution in [3.63, 3.8) is 0 Å². The van der Waals surface area contributed by atoms with Gasteiger partial charge >= 0.3 is 0 Å². The van der Waals surface area contributed by atoms with Crippen LogP contribution in [0.2, 0.25) is 5.02 Å². The Morgan fingerprint density at radius 1 is 1.20 bits per heavy atom. The third-order valence-electron chi connectivity index (χ3n) is 5.38. The second-order valence-electron chi connectivity index (χ2n) is 7.05. The third kappa shape index (κ3) is 3.43. The highest BCUT2D eigenvalue weighted by Crippen LogP contribution is 2.38. The first-order chi connectivity index (χ1) is 12.0. The number of ether oxygens (including phenoxy) is 3. The van der Waals surface area contributed by atoms with Crippen molar-refractivity contribution in [1.82, 2.24) is 9.80 Å². The lowest BCUT2D eigenvalue weighted by Gasteiger charge is -2.47. The topological polar surface area (TPSA) is 51.2 Å². The number of halogens is 1. The summed E-state index contributed by atoms with van der Waals surface area (Å²) in [5.41, 5.74) is 0.900. The zero-order valence-corrected chi connectivity index (χ0v) is 15.2. The minimum Gasteiger partial charge on any atom is -0.454 e. The van der Waals surface area contributed by atoms with Gasteiger partial charge in [0.15, 0.2) is 11.5 Å². The number of piperidine rings is 1. The van der Waals surface area contributed by atoms with Gasteiger partial charge in [0.2, 0.25) is 12.7 Å². The smallest absolute Gasteiger partial charge is 0.231 e. The van der Waals surface area contributed by atoms with E-state index < -0.39 is 0 Å². The normalized spacial score (nSPS) is 22.4. The molecule has 1 aromatic carbocycles. The molecular formula is C18H23ClN2O4. The Hall–Kier alpha value is -1.50. The summed E-state index contributed by atoms with van der Waals surface area (Å²) >= 11 is 6.42. The minimum atomic E-state index is -0.146. The van der Waals surface area contributed by atoms with E-state index in [-0.39, 0.29) is 18.3 Å². The van der Waals surface area contributed by atoms with Gasteiger partial charge in [-0.2, -0.15) is 0 Å². The first-order valence-electron chi connectivity index (χ1n) is 8.75. The summed E-state index contributed by atoms with van der Waals surface area (Å²) in [6.45, 7) is 6.64. The van der Waals surface area contributed by atoms with Crippen molar-refractivity contribution in [3.8, 4) is 11.5 Å². The maximum absolute atomic E-state index is 11.5. The van der Waals surface area contributed by atoms with Crippen LogP contribution in [0.1, 0.15) is 25.3 Å². The Morgan fingerprint density at radius 3 is 2.64 bits per heavy atom. The zero-order valence-electron chi connectivity index (χ0n) is 14.4. The molecule has 0 atom stereocenters. The molecule has 0 aromatic heterocycles. The molecule has 0 aliphatic carbocycles. The molecule has 1 amide bonds. The average molecular weight is 367 g/mol. The van der Waals surface area contributed by atoms with E-state index >= 15 is 0 Å². The molecule has 2 saturated heterocycles. The largest absolute Gasteiger partial charge is 0.454 e. The summed E-state index contributed by atoms with van der Waals surface area (Å²) in [5.74, 6) is 1.62. The summed E-state index contributed by atoms with van der Waals surface area (Å²) in [4.78, 5) is 15.8. The predicted octanol–water partition coefficient (Wildman–Crippen LogP) is 2.28. The molecule has 7 heteroatoms. The molecule has 4 rings (SSSR count). The van der Waals surface area contributed by atoms with Gasteiger partial charge in [0.1, 0.15) is 0 Å². The number of hydrogen-bond acceptors (Lipinski definition) is 5. The summed E-state index contributed by atoms with van der Waals surface area (Å²) in [7, 11) is 0. The molecule has 0 N–H and O–H groups in total. The maximum atomic E-state index is 11.5. The van der Waals surface area contributed by atoms with Crippen molar-refractivity contribution in [2.24, 2.45) is 0 Å². The standard InChI is InChI=1S/C18H23ClN2O4/c1-13(22)21-4-2-18(3-5-21)11-20(6-7-25-18)10-14-8-16-17(9-15(14)19)24-12-23-16/h8-9H,2-7,10-12H2,1H3. The van der Waals surface area contributed by atoms with Gasteiger partial charge in [-0.15, -0.1) is 0 Å². The van der Waals surface area contributed by atoms with Crippen LogP contribution in [0.5, 0.6) is 11.5 Å². The number of amides is 1. The molecule has 3 heterocycles. The molecule has 3 aliphatic heterocycles. The van der Waals surface area contributed by atoms with Gasteiger partial charge in [-0.25, -0.2) is 0 Å². The van der Waals surface area contributed by atoms with Crippen LogP contribution in [-0.2, 0) is 16.1 Å². The fourth-order valence-corrected chi connectivity index (χ4v) is 4.12. The van der Waals surface area contributed by atoms with Gasteiger partial charge in [-0.1, -0.05) is 11.6 Å². The van der Waals surface area contributed by atoms with Crippen LogP contribution in [-0.4, -0.2) is 60.9 Å². The molecule has 0 bridgehead atoms. The van der Waals surface area contributed by atoms with Crippen molar-refractivity contribution >= 4 is 17.5 Å². The van der Waals surface area contributed by atoms with E-state index in [4.69, 9.17) is 25.8 Å². The maximum Gasteiger partial charge on any atom is 0.231 e. The Balaban J connectivity index is 1.43. The van der Waals surface area contributed by atoms with Crippen LogP contribution < -0.4 is 9.47 Å². The van der Waals surface area contributed by atoms with Crippen LogP contribution in [0.25, 0.3) is 0 Å². The molecule has 136 valence electrons. The van der Waals surface area contributed by atoms with E-state index in [1.807, 2.05) is 17.0 Å². The monoisotopic (exact) mass is 366 g/mol. The van der Waals surface area contributed by atoms with E-state index in [0.29, 0.717) is 17.4 Å². The second kappa shape index (κ2) is 6.67. The number of carbonyl (C=O) groups excluding carboxylic acids is 1. The van der Waals surface area contributed by atoms with Gasteiger partial charge in [0, 0.05) is 50.7 Å². The first-order valence-corrected chi connectivity index (χ1v) is 9.12. The molecule has 1 aromatic rings. The lowest BCUT2D eigenvalue weighted by Crippen LogP contribution is -2.57. The Labute approximate surface area is 152 Å². The number of fused-ring (bicyclic) bond motifs is 1. The number of hydrogen-bond donors (Lipinski definition) is 0. The van der Waals surface area contributed by atoms with E-state index in [1.54, 1.807) is 6.92 Å². The van der Waals surface area contributed by atoms with Crippen molar-refractivity contribution in [1.29, 1.82) is 0 Å². The Kier molecular flexibility index (Phi) is 4.52. The highest BCUT2D eigenvalue weighted by atomic mass is 35.5. The summed E-state index contributed by atoms with van der Waals surface area (Å²) in [6.07, 6.45) is 1.77. The van der Waals surface area contributed by atoms with Crippen molar-refractivity contribution in [2.45, 2.75) is 31.9 Å². The van der Waals surface area contributed by atoms with E-state index in [2.05, 4.69) is 4.90 Å². The molecular weight excluding hydrogens is 344 g/mol. The highest BCUT2D eigenvalue weighted by molar-refractivity contribution is 6.31. The Morgan fingerprint density at radius 2 is 1.92 bits per heavy atom. The van der Waals surface area contributed by atoms with Crippen LogP contribution in [0.15, 0.2) is 12.1 Å². The summed E-state index contributed by atoms with van der Waals surface area (Å²) in [6, 6.07) is 3.81. The summed E-state index contributed by atoms with van der Waals surface area (Å²) < 4.78 is 17.0. The number of benzene rings is 1. The number of carbonyl (C=O) groups is 1. The molecule has 0 radical (unpaired) electrons. The molecule has 6 nitrogen and oxygen atoms in total. The number of nitrogens with zero attached hydrogens (tertiary/aromatic N) is 2. The average Bonchev–Trinajstić information content (AvgIpc) is 3.03. The van der Waals surface area contributed by atoms with Crippen molar-refractivity contribution < 1.29 is 19.0 Å².